The molecule has 0 radical (unpaired) electrons. The predicted octanol–water partition coefficient (Wildman–Crippen LogP) is 5.10. The van der Waals surface area contributed by atoms with Gasteiger partial charge in [0, 0.05) is 36.7 Å². The van der Waals surface area contributed by atoms with E-state index in [1.54, 1.807) is 24.3 Å². The summed E-state index contributed by atoms with van der Waals surface area (Å²) in [5, 5.41) is 39.7. The summed E-state index contributed by atoms with van der Waals surface area (Å²) in [6.45, 7) is 0. The van der Waals surface area contributed by atoms with E-state index < -0.39 is 34.3 Å². The van der Waals surface area contributed by atoms with Gasteiger partial charge in [-0.2, -0.15) is 0 Å². The zero-order chi connectivity index (χ0) is 31.7. The second-order valence-electron chi connectivity index (χ2n) is 9.47. The number of ether oxygens (including phenoxy) is 2. The number of halogens is 2. The summed E-state index contributed by atoms with van der Waals surface area (Å²) in [4.78, 5) is 25.0. The molecule has 0 aliphatic heterocycles. The van der Waals surface area contributed by atoms with Gasteiger partial charge >= 0.3 is 0 Å². The second kappa shape index (κ2) is 11.7. The summed E-state index contributed by atoms with van der Waals surface area (Å²) in [5.41, 5.74) is -0.500. The largest absolute Gasteiger partial charge is 0.507 e. The summed E-state index contributed by atoms with van der Waals surface area (Å²) in [6.07, 6.45) is 2.94. The maximum Gasteiger partial charge on any atom is 0.266 e. The van der Waals surface area contributed by atoms with Crippen molar-refractivity contribution in [1.82, 2.24) is 9.13 Å². The second-order valence-corrected chi connectivity index (χ2v) is 9.47. The van der Waals surface area contributed by atoms with Crippen molar-refractivity contribution in [3.05, 3.63) is 118 Å². The molecule has 0 spiro atoms. The van der Waals surface area contributed by atoms with Gasteiger partial charge in [0.2, 0.25) is 0 Å². The van der Waals surface area contributed by atoms with Gasteiger partial charge in [-0.25, -0.2) is 8.78 Å². The van der Waals surface area contributed by atoms with Crippen LogP contribution in [0.4, 0.5) is 8.78 Å². The lowest BCUT2D eigenvalue weighted by Crippen LogP contribution is -2.17. The predicted molar refractivity (Wildman–Crippen MR) is 159 cm³/mol. The van der Waals surface area contributed by atoms with Gasteiger partial charge < -0.3 is 29.9 Å². The minimum atomic E-state index is -0.830. The summed E-state index contributed by atoms with van der Waals surface area (Å²) < 4.78 is 39.4. The first-order valence-electron chi connectivity index (χ1n) is 12.8. The summed E-state index contributed by atoms with van der Waals surface area (Å²) in [5.74, 6) is -2.22. The molecule has 2 heterocycles. The van der Waals surface area contributed by atoms with E-state index in [4.69, 9.17) is 9.47 Å². The molecular weight excluding hydrogens is 578 g/mol. The number of phenols is 4. The van der Waals surface area contributed by atoms with E-state index in [-0.39, 0.29) is 33.6 Å². The number of nitrogens with zero attached hydrogens (tertiary/aromatic N) is 2. The van der Waals surface area contributed by atoms with Gasteiger partial charge in [-0.15, -0.1) is 0 Å². The first-order valence-corrected chi connectivity index (χ1v) is 12.8. The highest BCUT2D eigenvalue weighted by atomic mass is 19.1. The molecule has 0 saturated heterocycles. The van der Waals surface area contributed by atoms with Crippen LogP contribution in [0.15, 0.2) is 94.8 Å². The molecule has 0 bridgehead atoms. The van der Waals surface area contributed by atoms with Crippen molar-refractivity contribution in [3.8, 4) is 45.9 Å². The third-order valence-corrected chi connectivity index (χ3v) is 6.81. The molecule has 6 aromatic rings. The zero-order valence-electron chi connectivity index (χ0n) is 23.2. The van der Waals surface area contributed by atoms with Crippen LogP contribution in [0.2, 0.25) is 0 Å². The molecule has 12 heteroatoms. The molecule has 0 fully saturated rings. The van der Waals surface area contributed by atoms with Crippen molar-refractivity contribution in [2.24, 2.45) is 0 Å². The number of phenolic OH excluding ortho intramolecular Hbond substituents is 4. The lowest BCUT2D eigenvalue weighted by Gasteiger charge is -2.10. The standard InChI is InChI=1S/2C16H12FNO4/c2*1-22-11-6-9-4-5-18(16(21)15(9)14(20)8-11)10-2-3-13(19)12(17)7-10/h2*2-8,19-20H,1H3. The lowest BCUT2D eigenvalue weighted by atomic mass is 10.1. The first-order chi connectivity index (χ1) is 21.0. The number of rotatable bonds is 4. The first kappa shape index (κ1) is 29.5. The summed E-state index contributed by atoms with van der Waals surface area (Å²) in [7, 11) is 2.92. The Balaban J connectivity index is 0.000000175. The van der Waals surface area contributed by atoms with E-state index >= 15 is 0 Å². The molecule has 0 amide bonds. The highest BCUT2D eigenvalue weighted by Crippen LogP contribution is 2.30. The van der Waals surface area contributed by atoms with Gasteiger partial charge in [0.1, 0.15) is 23.0 Å². The zero-order valence-corrected chi connectivity index (χ0v) is 23.2. The molecule has 0 atom stereocenters. The number of pyridine rings is 2. The summed E-state index contributed by atoms with van der Waals surface area (Å²) in [6, 6.07) is 16.4. The number of methoxy groups -OCH3 is 2. The van der Waals surface area contributed by atoms with E-state index in [0.29, 0.717) is 22.3 Å². The normalized spacial score (nSPS) is 10.8. The van der Waals surface area contributed by atoms with Crippen LogP contribution in [-0.4, -0.2) is 43.8 Å². The van der Waals surface area contributed by atoms with Crippen molar-refractivity contribution >= 4 is 21.5 Å². The molecule has 10 nitrogen and oxygen atoms in total. The minimum absolute atomic E-state index is 0.108. The van der Waals surface area contributed by atoms with Gasteiger partial charge in [0.15, 0.2) is 23.1 Å². The van der Waals surface area contributed by atoms with E-state index in [2.05, 4.69) is 0 Å². The van der Waals surface area contributed by atoms with Gasteiger partial charge in [0.05, 0.1) is 36.4 Å². The highest BCUT2D eigenvalue weighted by Gasteiger charge is 2.13. The number of benzene rings is 4. The van der Waals surface area contributed by atoms with Gasteiger partial charge in [-0.05, 0) is 59.3 Å². The van der Waals surface area contributed by atoms with Crippen LogP contribution in [0.25, 0.3) is 32.9 Å². The quantitative estimate of drug-likeness (QED) is 0.218. The van der Waals surface area contributed by atoms with Crippen LogP contribution >= 0.6 is 0 Å². The molecule has 4 N–H and O–H groups in total. The fraction of sp³-hybridized carbons (Fsp3) is 0.0625. The van der Waals surface area contributed by atoms with Crippen LogP contribution in [0.5, 0.6) is 34.5 Å². The van der Waals surface area contributed by atoms with E-state index in [1.165, 1.54) is 60.0 Å². The molecule has 4 aromatic carbocycles. The molecular formula is C32H24F2N2O8. The monoisotopic (exact) mass is 602 g/mol. The number of hydrogen-bond acceptors (Lipinski definition) is 8. The number of aromatic nitrogens is 2. The van der Waals surface area contributed by atoms with Crippen LogP contribution in [0.3, 0.4) is 0 Å². The molecule has 0 unspecified atom stereocenters. The molecule has 2 aromatic heterocycles. The Morgan fingerprint density at radius 1 is 0.545 bits per heavy atom. The molecule has 224 valence electrons. The van der Waals surface area contributed by atoms with Crippen LogP contribution in [-0.2, 0) is 0 Å². The average molecular weight is 603 g/mol. The van der Waals surface area contributed by atoms with E-state index in [0.717, 1.165) is 24.3 Å². The average Bonchev–Trinajstić information content (AvgIpc) is 3.00. The SMILES string of the molecule is COc1cc(O)c2c(=O)n(-c3ccc(O)c(F)c3)ccc2c1.COc1cc(O)c2c(=O)n(-c3ccc(O)c(F)c3)ccc2c1. The third kappa shape index (κ3) is 5.43. The van der Waals surface area contributed by atoms with Crippen molar-refractivity contribution in [2.45, 2.75) is 0 Å². The van der Waals surface area contributed by atoms with Gasteiger partial charge in [-0.3, -0.25) is 18.7 Å². The molecule has 44 heavy (non-hydrogen) atoms. The van der Waals surface area contributed by atoms with Crippen LogP contribution in [0.1, 0.15) is 0 Å². The maximum atomic E-state index is 13.5. The smallest absolute Gasteiger partial charge is 0.266 e. The molecule has 0 saturated carbocycles. The van der Waals surface area contributed by atoms with Crippen LogP contribution < -0.4 is 20.6 Å². The molecule has 0 aliphatic rings. The fourth-order valence-electron chi connectivity index (χ4n) is 4.59. The fourth-order valence-corrected chi connectivity index (χ4v) is 4.59. The Morgan fingerprint density at radius 3 is 1.27 bits per heavy atom. The van der Waals surface area contributed by atoms with Crippen molar-refractivity contribution in [2.75, 3.05) is 14.2 Å². The van der Waals surface area contributed by atoms with Gasteiger partial charge in [0.25, 0.3) is 11.1 Å². The van der Waals surface area contributed by atoms with Crippen molar-refractivity contribution in [3.63, 3.8) is 0 Å². The van der Waals surface area contributed by atoms with Crippen molar-refractivity contribution < 1.29 is 38.7 Å². The maximum absolute atomic E-state index is 13.5. The third-order valence-electron chi connectivity index (χ3n) is 6.81. The molecule has 0 aliphatic carbocycles. The highest BCUT2D eigenvalue weighted by molar-refractivity contribution is 5.89. The minimum Gasteiger partial charge on any atom is -0.507 e. The number of hydrogen-bond donors (Lipinski definition) is 4. The van der Waals surface area contributed by atoms with Crippen molar-refractivity contribution in [1.29, 1.82) is 0 Å². The Hall–Kier alpha value is -6.04. The van der Waals surface area contributed by atoms with E-state index in [1.807, 2.05) is 0 Å². The van der Waals surface area contributed by atoms with E-state index in [9.17, 15) is 38.8 Å². The molecule has 6 rings (SSSR count). The van der Waals surface area contributed by atoms with Crippen LogP contribution in [0, 0.1) is 11.6 Å². The Bertz CT molecular complexity index is 2020. The van der Waals surface area contributed by atoms with Gasteiger partial charge in [-0.1, -0.05) is 0 Å². The number of aromatic hydroxyl groups is 4. The Kier molecular flexibility index (Phi) is 7.82. The summed E-state index contributed by atoms with van der Waals surface area (Å²) >= 11 is 0. The topological polar surface area (TPSA) is 143 Å². The lowest BCUT2D eigenvalue weighted by molar-refractivity contribution is 0.409. The number of fused-ring (bicyclic) bond motifs is 2. The Labute approximate surface area is 247 Å². The Morgan fingerprint density at radius 2 is 0.932 bits per heavy atom.